The van der Waals surface area contributed by atoms with Gasteiger partial charge in [0, 0.05) is 37.8 Å². The molecule has 1 N–H and O–H groups in total. The van der Waals surface area contributed by atoms with Gasteiger partial charge < -0.3 is 9.88 Å². The number of rotatable bonds is 5. The molecule has 0 saturated carbocycles. The van der Waals surface area contributed by atoms with Gasteiger partial charge in [-0.05, 0) is 29.8 Å². The predicted octanol–water partition coefficient (Wildman–Crippen LogP) is 1.88. The third-order valence-electron chi connectivity index (χ3n) is 5.39. The number of aryl methyl sites for hydroxylation is 1. The van der Waals surface area contributed by atoms with Crippen molar-refractivity contribution in [2.24, 2.45) is 7.05 Å². The lowest BCUT2D eigenvalue weighted by molar-refractivity contribution is 0.0936. The lowest BCUT2D eigenvalue weighted by Crippen LogP contribution is -2.40. The second-order valence-corrected chi connectivity index (χ2v) is 9.37. The third-order valence-corrected chi connectivity index (χ3v) is 7.11. The second-order valence-electron chi connectivity index (χ2n) is 7.49. The van der Waals surface area contributed by atoms with E-state index in [1.807, 2.05) is 36.4 Å². The molecule has 8 nitrogen and oxygen atoms in total. The first-order valence-corrected chi connectivity index (χ1v) is 11.2. The maximum absolute atomic E-state index is 13.1. The van der Waals surface area contributed by atoms with Crippen LogP contribution in [-0.4, -0.2) is 47.3 Å². The molecule has 9 heteroatoms. The number of amides is 1. The molecule has 3 aromatic rings. The number of aromatic nitrogens is 2. The fourth-order valence-corrected chi connectivity index (χ4v) is 5.21. The first kappa shape index (κ1) is 20.8. The monoisotopic (exact) mass is 435 g/mol. The number of hydrogen-bond donors (Lipinski definition) is 1. The number of carbonyl (C=O) groups is 1. The van der Waals surface area contributed by atoms with Gasteiger partial charge in [0.15, 0.2) is 5.03 Å². The minimum Gasteiger partial charge on any atom is -0.347 e. The molecule has 2 heterocycles. The van der Waals surface area contributed by atoms with E-state index >= 15 is 0 Å². The highest BCUT2D eigenvalue weighted by Crippen LogP contribution is 2.31. The average Bonchev–Trinajstić information content (AvgIpc) is 3.42. The van der Waals surface area contributed by atoms with Gasteiger partial charge in [-0.2, -0.15) is 9.57 Å². The summed E-state index contributed by atoms with van der Waals surface area (Å²) in [6.45, 7) is 0.377. The van der Waals surface area contributed by atoms with E-state index in [9.17, 15) is 13.2 Å². The first-order chi connectivity index (χ1) is 14.9. The lowest BCUT2D eigenvalue weighted by Gasteiger charge is -2.20. The normalized spacial score (nSPS) is 19.1. The Kier molecular flexibility index (Phi) is 5.59. The van der Waals surface area contributed by atoms with Crippen LogP contribution in [0.3, 0.4) is 0 Å². The van der Waals surface area contributed by atoms with Crippen molar-refractivity contribution in [2.45, 2.75) is 17.0 Å². The molecule has 0 bridgehead atoms. The van der Waals surface area contributed by atoms with E-state index in [4.69, 9.17) is 5.26 Å². The molecule has 2 atom stereocenters. The van der Waals surface area contributed by atoms with Gasteiger partial charge in [0.05, 0.1) is 24.0 Å². The van der Waals surface area contributed by atoms with E-state index in [-0.39, 0.29) is 29.9 Å². The van der Waals surface area contributed by atoms with Crippen molar-refractivity contribution in [3.05, 3.63) is 83.8 Å². The van der Waals surface area contributed by atoms with Crippen LogP contribution in [0.25, 0.3) is 0 Å². The Labute approximate surface area is 180 Å². The molecule has 1 aliphatic heterocycles. The number of carbonyl (C=O) groups excluding carboxylic acids is 1. The topological polar surface area (TPSA) is 108 Å². The van der Waals surface area contributed by atoms with Crippen LogP contribution in [-0.2, 0) is 17.1 Å². The van der Waals surface area contributed by atoms with Gasteiger partial charge in [-0.25, -0.2) is 13.4 Å². The molecule has 0 radical (unpaired) electrons. The van der Waals surface area contributed by atoms with E-state index in [2.05, 4.69) is 10.3 Å². The highest BCUT2D eigenvalue weighted by molar-refractivity contribution is 7.89. The molecule has 158 valence electrons. The van der Waals surface area contributed by atoms with Crippen molar-refractivity contribution in [3.63, 3.8) is 0 Å². The Morgan fingerprint density at radius 1 is 1.13 bits per heavy atom. The molecule has 0 spiro atoms. The minimum absolute atomic E-state index is 0.0131. The second kappa shape index (κ2) is 8.34. The Balaban J connectivity index is 1.60. The molecule has 1 saturated heterocycles. The number of hydrogen-bond acceptors (Lipinski definition) is 5. The summed E-state index contributed by atoms with van der Waals surface area (Å²) in [6.07, 6.45) is 2.91. The maximum Gasteiger partial charge on any atom is 0.262 e. The largest absolute Gasteiger partial charge is 0.347 e. The fraction of sp³-hybridized carbons (Fsp3) is 0.227. The average molecular weight is 436 g/mol. The van der Waals surface area contributed by atoms with Crippen molar-refractivity contribution in [1.82, 2.24) is 19.2 Å². The summed E-state index contributed by atoms with van der Waals surface area (Å²) in [6, 6.07) is 17.5. The van der Waals surface area contributed by atoms with E-state index in [0.29, 0.717) is 11.1 Å². The van der Waals surface area contributed by atoms with Crippen LogP contribution in [0.15, 0.2) is 72.1 Å². The van der Waals surface area contributed by atoms with Crippen LogP contribution < -0.4 is 5.32 Å². The van der Waals surface area contributed by atoms with Crippen molar-refractivity contribution in [1.29, 1.82) is 5.26 Å². The van der Waals surface area contributed by atoms with E-state index in [1.54, 1.807) is 35.9 Å². The van der Waals surface area contributed by atoms with Crippen LogP contribution in [0.5, 0.6) is 0 Å². The fourth-order valence-electron chi connectivity index (χ4n) is 3.75. The number of benzene rings is 2. The number of sulfonamides is 1. The van der Waals surface area contributed by atoms with Crippen LogP contribution in [0.4, 0.5) is 0 Å². The smallest absolute Gasteiger partial charge is 0.262 e. The third kappa shape index (κ3) is 4.21. The summed E-state index contributed by atoms with van der Waals surface area (Å²) < 4.78 is 29.2. The zero-order valence-electron chi connectivity index (χ0n) is 16.8. The standard InChI is InChI=1S/C22H21N5O3S/c1-26-14-21(24-15-26)31(29,30)27-12-19(17-5-3-2-4-6-17)20(13-27)25-22(28)18-9-7-16(11-23)8-10-18/h2-10,14-15,19-20H,12-13H2,1H3,(H,25,28). The lowest BCUT2D eigenvalue weighted by atomic mass is 9.94. The highest BCUT2D eigenvalue weighted by atomic mass is 32.2. The number of nitriles is 1. The van der Waals surface area contributed by atoms with Crippen molar-refractivity contribution in [3.8, 4) is 6.07 Å². The van der Waals surface area contributed by atoms with Crippen molar-refractivity contribution >= 4 is 15.9 Å². The zero-order valence-corrected chi connectivity index (χ0v) is 17.7. The number of imidazole rings is 1. The molecule has 1 amide bonds. The highest BCUT2D eigenvalue weighted by Gasteiger charge is 2.41. The van der Waals surface area contributed by atoms with Gasteiger partial charge in [0.1, 0.15) is 0 Å². The maximum atomic E-state index is 13.1. The molecule has 2 unspecified atom stereocenters. The predicted molar refractivity (Wildman–Crippen MR) is 114 cm³/mol. The molecule has 0 aliphatic carbocycles. The Morgan fingerprint density at radius 2 is 1.84 bits per heavy atom. The van der Waals surface area contributed by atoms with Gasteiger partial charge in [-0.3, -0.25) is 4.79 Å². The summed E-state index contributed by atoms with van der Waals surface area (Å²) in [5.41, 5.74) is 1.83. The van der Waals surface area contributed by atoms with Crippen LogP contribution in [0, 0.1) is 11.3 Å². The van der Waals surface area contributed by atoms with E-state index < -0.39 is 16.1 Å². The number of nitrogens with zero attached hydrogens (tertiary/aromatic N) is 4. The summed E-state index contributed by atoms with van der Waals surface area (Å²) in [7, 11) is -2.08. The van der Waals surface area contributed by atoms with Gasteiger partial charge >= 0.3 is 0 Å². The first-order valence-electron chi connectivity index (χ1n) is 9.72. The zero-order chi connectivity index (χ0) is 22.0. The van der Waals surface area contributed by atoms with Gasteiger partial charge in [0.2, 0.25) is 0 Å². The summed E-state index contributed by atoms with van der Waals surface area (Å²) in [5.74, 6) is -0.519. The van der Waals surface area contributed by atoms with E-state index in [0.717, 1.165) is 5.56 Å². The molecular formula is C22H21N5O3S. The molecule has 2 aromatic carbocycles. The van der Waals surface area contributed by atoms with Crippen LogP contribution in [0.2, 0.25) is 0 Å². The van der Waals surface area contributed by atoms with E-state index in [1.165, 1.54) is 16.8 Å². The summed E-state index contributed by atoms with van der Waals surface area (Å²) in [4.78, 5) is 16.8. The van der Waals surface area contributed by atoms with Gasteiger partial charge in [0.25, 0.3) is 15.9 Å². The van der Waals surface area contributed by atoms with Crippen LogP contribution in [0.1, 0.15) is 27.4 Å². The minimum atomic E-state index is -3.79. The molecule has 31 heavy (non-hydrogen) atoms. The molecule has 1 aliphatic rings. The molecule has 4 rings (SSSR count). The molecule has 1 fully saturated rings. The van der Waals surface area contributed by atoms with Crippen molar-refractivity contribution in [2.75, 3.05) is 13.1 Å². The Morgan fingerprint density at radius 3 is 2.45 bits per heavy atom. The SMILES string of the molecule is Cn1cnc(S(=O)(=O)N2CC(NC(=O)c3ccc(C#N)cc3)C(c3ccccc3)C2)c1. The Hall–Kier alpha value is -3.48. The quantitative estimate of drug-likeness (QED) is 0.658. The van der Waals surface area contributed by atoms with Gasteiger partial charge in [-0.15, -0.1) is 0 Å². The molecule has 1 aromatic heterocycles. The summed E-state index contributed by atoms with van der Waals surface area (Å²) in [5, 5.41) is 11.9. The van der Waals surface area contributed by atoms with Gasteiger partial charge in [-0.1, -0.05) is 30.3 Å². The summed E-state index contributed by atoms with van der Waals surface area (Å²) >= 11 is 0. The van der Waals surface area contributed by atoms with Crippen molar-refractivity contribution < 1.29 is 13.2 Å². The van der Waals surface area contributed by atoms with Crippen LogP contribution >= 0.6 is 0 Å². The Bertz CT molecular complexity index is 1230. The number of nitrogens with one attached hydrogen (secondary N) is 1. The molecular weight excluding hydrogens is 414 g/mol.